The van der Waals surface area contributed by atoms with Crippen LogP contribution in [-0.2, 0) is 4.74 Å². The maximum atomic E-state index is 13.0. The van der Waals surface area contributed by atoms with E-state index in [0.29, 0.717) is 42.9 Å². The zero-order valence-corrected chi connectivity index (χ0v) is 22.8. The normalized spacial score (nSPS) is 13.9. The molecule has 3 heterocycles. The van der Waals surface area contributed by atoms with E-state index in [1.54, 1.807) is 24.5 Å². The standard InChI is InChI=1S/C28H37N7O3/c1-20-6-7-22(31-26(36)21-8-10-29-25(16-21)35-12-14-37-15-13-35)17-23(20)32-24-9-11-30-27(33-24)38-19-28(2,3)18-34(4)5/h6-11,16-17H,12-15,18-19H2,1-5H3,(H,31,36)(H,30,32,33). The molecule has 1 aliphatic heterocycles. The Kier molecular flexibility index (Phi) is 8.75. The highest BCUT2D eigenvalue weighted by molar-refractivity contribution is 6.05. The van der Waals surface area contributed by atoms with Crippen molar-refractivity contribution in [3.63, 3.8) is 0 Å². The Morgan fingerprint density at radius 2 is 1.87 bits per heavy atom. The highest BCUT2D eigenvalue weighted by atomic mass is 16.5. The van der Waals surface area contributed by atoms with Crippen molar-refractivity contribution in [3.8, 4) is 6.01 Å². The van der Waals surface area contributed by atoms with Crippen molar-refractivity contribution < 1.29 is 14.3 Å². The zero-order valence-electron chi connectivity index (χ0n) is 22.8. The maximum absolute atomic E-state index is 13.0. The number of ether oxygens (including phenoxy) is 2. The number of nitrogens with zero attached hydrogens (tertiary/aromatic N) is 5. The minimum Gasteiger partial charge on any atom is -0.463 e. The van der Waals surface area contributed by atoms with Gasteiger partial charge in [-0.1, -0.05) is 19.9 Å². The first-order chi connectivity index (χ1) is 18.2. The third-order valence-corrected chi connectivity index (χ3v) is 6.07. The quantitative estimate of drug-likeness (QED) is 0.411. The first-order valence-electron chi connectivity index (χ1n) is 12.8. The molecule has 0 atom stereocenters. The van der Waals surface area contributed by atoms with Gasteiger partial charge in [0, 0.05) is 54.4 Å². The summed E-state index contributed by atoms with van der Waals surface area (Å²) in [4.78, 5) is 30.5. The topological polar surface area (TPSA) is 105 Å². The molecule has 0 radical (unpaired) electrons. The van der Waals surface area contributed by atoms with E-state index in [4.69, 9.17) is 9.47 Å². The molecule has 1 aromatic carbocycles. The SMILES string of the molecule is Cc1ccc(NC(=O)c2ccnc(N3CCOCC3)c2)cc1Nc1ccnc(OCC(C)(C)CN(C)C)n1. The summed E-state index contributed by atoms with van der Waals surface area (Å²) in [5.74, 6) is 1.19. The number of morpholine rings is 1. The molecule has 38 heavy (non-hydrogen) atoms. The predicted octanol–water partition coefficient (Wildman–Crippen LogP) is 3.98. The number of carbonyl (C=O) groups excluding carboxylic acids is 1. The summed E-state index contributed by atoms with van der Waals surface area (Å²) in [6, 6.07) is 11.4. The molecule has 10 heteroatoms. The summed E-state index contributed by atoms with van der Waals surface area (Å²) in [5.41, 5.74) is 3.01. The Morgan fingerprint density at radius 3 is 2.63 bits per heavy atom. The van der Waals surface area contributed by atoms with Gasteiger partial charge in [0.15, 0.2) is 0 Å². The number of carbonyl (C=O) groups is 1. The van der Waals surface area contributed by atoms with Crippen molar-refractivity contribution in [1.82, 2.24) is 19.9 Å². The van der Waals surface area contributed by atoms with Crippen LogP contribution < -0.4 is 20.3 Å². The Hall–Kier alpha value is -3.76. The van der Waals surface area contributed by atoms with Crippen molar-refractivity contribution in [3.05, 3.63) is 59.9 Å². The summed E-state index contributed by atoms with van der Waals surface area (Å²) in [5, 5.41) is 6.32. The number of nitrogens with one attached hydrogen (secondary N) is 2. The van der Waals surface area contributed by atoms with Gasteiger partial charge in [-0.05, 0) is 56.9 Å². The van der Waals surface area contributed by atoms with Gasteiger partial charge >= 0.3 is 6.01 Å². The second kappa shape index (κ2) is 12.2. The van der Waals surface area contributed by atoms with Crippen LogP contribution in [0.1, 0.15) is 29.8 Å². The molecule has 1 fully saturated rings. The van der Waals surface area contributed by atoms with Crippen molar-refractivity contribution in [1.29, 1.82) is 0 Å². The lowest BCUT2D eigenvalue weighted by Gasteiger charge is -2.27. The smallest absolute Gasteiger partial charge is 0.318 e. The summed E-state index contributed by atoms with van der Waals surface area (Å²) in [6.07, 6.45) is 3.33. The number of amides is 1. The Morgan fingerprint density at radius 1 is 1.11 bits per heavy atom. The van der Waals surface area contributed by atoms with Crippen LogP contribution in [0.3, 0.4) is 0 Å². The van der Waals surface area contributed by atoms with E-state index in [-0.39, 0.29) is 11.3 Å². The van der Waals surface area contributed by atoms with E-state index in [2.05, 4.69) is 49.2 Å². The first-order valence-corrected chi connectivity index (χ1v) is 12.8. The van der Waals surface area contributed by atoms with Crippen molar-refractivity contribution >= 4 is 28.9 Å². The first kappa shape index (κ1) is 27.3. The van der Waals surface area contributed by atoms with Crippen LogP contribution in [-0.4, -0.2) is 79.3 Å². The van der Waals surface area contributed by atoms with Crippen LogP contribution in [0.5, 0.6) is 6.01 Å². The van der Waals surface area contributed by atoms with Gasteiger partial charge in [-0.2, -0.15) is 4.98 Å². The van der Waals surface area contributed by atoms with Crippen LogP contribution in [0, 0.1) is 12.3 Å². The maximum Gasteiger partial charge on any atom is 0.318 e. The van der Waals surface area contributed by atoms with Crippen molar-refractivity contribution in [2.75, 3.05) is 69.1 Å². The number of aryl methyl sites for hydroxylation is 1. The van der Waals surface area contributed by atoms with Gasteiger partial charge in [-0.3, -0.25) is 4.79 Å². The number of aromatic nitrogens is 3. The monoisotopic (exact) mass is 519 g/mol. The Bertz CT molecular complexity index is 1240. The number of benzene rings is 1. The van der Waals surface area contributed by atoms with Crippen molar-refractivity contribution in [2.24, 2.45) is 5.41 Å². The molecule has 0 saturated carbocycles. The van der Waals surface area contributed by atoms with Gasteiger partial charge in [0.2, 0.25) is 0 Å². The molecule has 2 aromatic heterocycles. The Labute approximate surface area is 224 Å². The van der Waals surface area contributed by atoms with Gasteiger partial charge in [-0.15, -0.1) is 0 Å². The molecule has 10 nitrogen and oxygen atoms in total. The van der Waals surface area contributed by atoms with Gasteiger partial charge in [0.1, 0.15) is 11.6 Å². The van der Waals surface area contributed by atoms with Gasteiger partial charge in [0.05, 0.1) is 19.8 Å². The summed E-state index contributed by atoms with van der Waals surface area (Å²) < 4.78 is 11.3. The number of pyridine rings is 1. The lowest BCUT2D eigenvalue weighted by Crippen LogP contribution is -2.36. The van der Waals surface area contributed by atoms with E-state index >= 15 is 0 Å². The average molecular weight is 520 g/mol. The van der Waals surface area contributed by atoms with E-state index < -0.39 is 0 Å². The molecule has 202 valence electrons. The molecular formula is C28H37N7O3. The summed E-state index contributed by atoms with van der Waals surface area (Å²) in [6.45, 7) is 10.5. The summed E-state index contributed by atoms with van der Waals surface area (Å²) in [7, 11) is 4.09. The van der Waals surface area contributed by atoms with E-state index in [9.17, 15) is 4.79 Å². The summed E-state index contributed by atoms with van der Waals surface area (Å²) >= 11 is 0. The third kappa shape index (κ3) is 7.62. The number of hydrogen-bond acceptors (Lipinski definition) is 9. The lowest BCUT2D eigenvalue weighted by atomic mass is 9.94. The van der Waals surface area contributed by atoms with Crippen LogP contribution in [0.4, 0.5) is 23.0 Å². The molecule has 3 aromatic rings. The van der Waals surface area contributed by atoms with E-state index in [0.717, 1.165) is 36.7 Å². The second-order valence-corrected chi connectivity index (χ2v) is 10.5. The van der Waals surface area contributed by atoms with Gasteiger partial charge in [0.25, 0.3) is 5.91 Å². The highest BCUT2D eigenvalue weighted by Crippen LogP contribution is 2.25. The van der Waals surface area contributed by atoms with Crippen LogP contribution in [0.25, 0.3) is 0 Å². The molecule has 2 N–H and O–H groups in total. The second-order valence-electron chi connectivity index (χ2n) is 10.5. The molecule has 0 unspecified atom stereocenters. The molecule has 1 amide bonds. The number of hydrogen-bond donors (Lipinski definition) is 2. The van der Waals surface area contributed by atoms with Crippen LogP contribution in [0.2, 0.25) is 0 Å². The van der Waals surface area contributed by atoms with E-state index in [1.165, 1.54) is 0 Å². The average Bonchev–Trinajstić information content (AvgIpc) is 2.90. The molecule has 1 saturated heterocycles. The van der Waals surface area contributed by atoms with Crippen LogP contribution >= 0.6 is 0 Å². The van der Waals surface area contributed by atoms with E-state index in [1.807, 2.05) is 45.3 Å². The lowest BCUT2D eigenvalue weighted by molar-refractivity contribution is 0.102. The largest absolute Gasteiger partial charge is 0.463 e. The number of rotatable bonds is 10. The molecule has 1 aliphatic rings. The third-order valence-electron chi connectivity index (χ3n) is 6.07. The molecule has 0 bridgehead atoms. The van der Waals surface area contributed by atoms with Gasteiger partial charge in [-0.25, -0.2) is 9.97 Å². The number of anilines is 4. The minimum atomic E-state index is -0.199. The van der Waals surface area contributed by atoms with Crippen molar-refractivity contribution in [2.45, 2.75) is 20.8 Å². The molecule has 0 spiro atoms. The fraction of sp³-hybridized carbons (Fsp3) is 0.429. The van der Waals surface area contributed by atoms with Gasteiger partial charge < -0.3 is 29.9 Å². The van der Waals surface area contributed by atoms with Crippen LogP contribution in [0.15, 0.2) is 48.8 Å². The fourth-order valence-electron chi connectivity index (χ4n) is 4.34. The molecular weight excluding hydrogens is 482 g/mol. The molecule has 4 rings (SSSR count). The highest BCUT2D eigenvalue weighted by Gasteiger charge is 2.21. The molecule has 0 aliphatic carbocycles. The fourth-order valence-corrected chi connectivity index (χ4v) is 4.34. The Balaban J connectivity index is 1.42. The predicted molar refractivity (Wildman–Crippen MR) is 150 cm³/mol. The zero-order chi connectivity index (χ0) is 27.1. The minimum absolute atomic E-state index is 0.0445.